The Morgan fingerprint density at radius 3 is 2.35 bits per heavy atom. The number of ether oxygens (including phenoxy) is 2. The zero-order chi connectivity index (χ0) is 22.4. The molecule has 0 aliphatic rings. The highest BCUT2D eigenvalue weighted by atomic mass is 35.5. The average molecular weight is 458 g/mol. The van der Waals surface area contributed by atoms with Gasteiger partial charge in [0.15, 0.2) is 6.61 Å². The minimum Gasteiger partial charge on any atom is -0.484 e. The van der Waals surface area contributed by atoms with Crippen molar-refractivity contribution >= 4 is 39.8 Å². The fourth-order valence-electron chi connectivity index (χ4n) is 2.96. The van der Waals surface area contributed by atoms with Crippen LogP contribution in [0.25, 0.3) is 11.1 Å². The summed E-state index contributed by atoms with van der Waals surface area (Å²) >= 11 is 7.14. The molecule has 0 spiro atoms. The van der Waals surface area contributed by atoms with Gasteiger partial charge in [-0.05, 0) is 48.2 Å². The zero-order valence-electron chi connectivity index (χ0n) is 17.6. The number of amides is 1. The van der Waals surface area contributed by atoms with Gasteiger partial charge in [-0.1, -0.05) is 49.7 Å². The Morgan fingerprint density at radius 1 is 1.06 bits per heavy atom. The minimum absolute atomic E-state index is 0.194. The maximum Gasteiger partial charge on any atom is 0.341 e. The number of carbonyl (C=O) groups is 2. The molecule has 0 bridgehead atoms. The predicted octanol–water partition coefficient (Wildman–Crippen LogP) is 6.39. The summed E-state index contributed by atoms with van der Waals surface area (Å²) in [7, 11) is 0. The quantitative estimate of drug-likeness (QED) is 0.398. The van der Waals surface area contributed by atoms with Gasteiger partial charge in [0.05, 0.1) is 6.61 Å². The lowest BCUT2D eigenvalue weighted by molar-refractivity contribution is -0.118. The van der Waals surface area contributed by atoms with Crippen LogP contribution in [-0.2, 0) is 9.53 Å². The first kappa shape index (κ1) is 22.8. The van der Waals surface area contributed by atoms with Crippen molar-refractivity contribution in [2.24, 2.45) is 0 Å². The molecule has 3 aromatic rings. The van der Waals surface area contributed by atoms with Gasteiger partial charge in [0.1, 0.15) is 16.3 Å². The normalized spacial score (nSPS) is 10.7. The Morgan fingerprint density at radius 2 is 1.74 bits per heavy atom. The molecule has 1 N–H and O–H groups in total. The van der Waals surface area contributed by atoms with Gasteiger partial charge in [-0.3, -0.25) is 4.79 Å². The Bertz CT molecular complexity index is 1040. The number of esters is 1. The lowest BCUT2D eigenvalue weighted by atomic mass is 9.98. The van der Waals surface area contributed by atoms with Crippen molar-refractivity contribution in [2.45, 2.75) is 26.7 Å². The van der Waals surface area contributed by atoms with Crippen molar-refractivity contribution in [3.8, 4) is 16.9 Å². The van der Waals surface area contributed by atoms with E-state index >= 15 is 0 Å². The summed E-state index contributed by atoms with van der Waals surface area (Å²) in [5, 5.41) is 5.66. The Hall–Kier alpha value is -2.83. The molecule has 1 aromatic heterocycles. The molecular formula is C24H24ClNO4S. The van der Waals surface area contributed by atoms with Crippen LogP contribution in [0.4, 0.5) is 5.00 Å². The van der Waals surface area contributed by atoms with Crippen molar-refractivity contribution < 1.29 is 19.1 Å². The van der Waals surface area contributed by atoms with Gasteiger partial charge in [0.25, 0.3) is 5.91 Å². The van der Waals surface area contributed by atoms with E-state index in [4.69, 9.17) is 21.1 Å². The fraction of sp³-hybridized carbons (Fsp3) is 0.250. The second kappa shape index (κ2) is 10.5. The van der Waals surface area contributed by atoms with Crippen molar-refractivity contribution in [1.82, 2.24) is 0 Å². The third kappa shape index (κ3) is 5.87. The molecule has 3 rings (SSSR count). The van der Waals surface area contributed by atoms with Gasteiger partial charge in [-0.25, -0.2) is 4.79 Å². The summed E-state index contributed by atoms with van der Waals surface area (Å²) in [5.41, 5.74) is 3.18. The van der Waals surface area contributed by atoms with Crippen molar-refractivity contribution in [2.75, 3.05) is 18.5 Å². The van der Waals surface area contributed by atoms with Gasteiger partial charge >= 0.3 is 5.97 Å². The third-order valence-electron chi connectivity index (χ3n) is 4.60. The summed E-state index contributed by atoms with van der Waals surface area (Å²) < 4.78 is 10.7. The van der Waals surface area contributed by atoms with Crippen molar-refractivity contribution in [1.29, 1.82) is 0 Å². The van der Waals surface area contributed by atoms with Crippen LogP contribution in [0, 0.1) is 0 Å². The minimum atomic E-state index is -0.472. The molecule has 5 nitrogen and oxygen atoms in total. The smallest absolute Gasteiger partial charge is 0.341 e. The highest BCUT2D eigenvalue weighted by Gasteiger charge is 2.23. The van der Waals surface area contributed by atoms with E-state index in [-0.39, 0.29) is 19.1 Å². The summed E-state index contributed by atoms with van der Waals surface area (Å²) in [4.78, 5) is 25.1. The summed E-state index contributed by atoms with van der Waals surface area (Å²) in [5.74, 6) is 0.100. The molecule has 162 valence electrons. The second-order valence-corrected chi connectivity index (χ2v) is 8.46. The molecule has 0 unspecified atom stereocenters. The van der Waals surface area contributed by atoms with Gasteiger partial charge in [0.2, 0.25) is 0 Å². The third-order valence-corrected chi connectivity index (χ3v) is 5.74. The maximum absolute atomic E-state index is 12.7. The number of rotatable bonds is 8. The number of nitrogens with one attached hydrogen (secondary N) is 1. The van der Waals surface area contributed by atoms with Gasteiger partial charge in [-0.15, -0.1) is 11.3 Å². The molecule has 31 heavy (non-hydrogen) atoms. The average Bonchev–Trinajstić information content (AvgIpc) is 3.17. The number of thiophene rings is 1. The van der Waals surface area contributed by atoms with Crippen molar-refractivity contribution in [3.05, 3.63) is 70.1 Å². The number of hydrogen-bond acceptors (Lipinski definition) is 5. The lowest BCUT2D eigenvalue weighted by Crippen LogP contribution is -2.21. The first-order valence-electron chi connectivity index (χ1n) is 9.96. The van der Waals surface area contributed by atoms with E-state index in [0.717, 1.165) is 11.1 Å². The van der Waals surface area contributed by atoms with E-state index in [1.807, 2.05) is 29.6 Å². The molecule has 0 aliphatic carbocycles. The standard InChI is InChI=1S/C24H24ClNO4S/c1-4-29-24(28)22-20(17-7-5-16(6-8-17)15(2)3)14-31-23(22)26-21(27)13-30-19-11-9-18(25)10-12-19/h5-12,14-15H,4,13H2,1-3H3,(H,26,27). The van der Waals surface area contributed by atoms with E-state index in [1.54, 1.807) is 31.2 Å². The molecule has 0 atom stereocenters. The van der Waals surface area contributed by atoms with Crippen LogP contribution in [0.1, 0.15) is 42.6 Å². The molecule has 1 heterocycles. The fourth-order valence-corrected chi connectivity index (χ4v) is 4.06. The number of halogens is 1. The number of hydrogen-bond donors (Lipinski definition) is 1. The van der Waals surface area contributed by atoms with Gasteiger partial charge in [0, 0.05) is 16.0 Å². The van der Waals surface area contributed by atoms with Crippen molar-refractivity contribution in [3.63, 3.8) is 0 Å². The monoisotopic (exact) mass is 457 g/mol. The van der Waals surface area contributed by atoms with Gasteiger partial charge < -0.3 is 14.8 Å². The molecule has 1 amide bonds. The molecular weight excluding hydrogens is 434 g/mol. The highest BCUT2D eigenvalue weighted by molar-refractivity contribution is 7.15. The number of anilines is 1. The molecule has 0 aliphatic heterocycles. The van der Waals surface area contributed by atoms with Gasteiger partial charge in [-0.2, -0.15) is 0 Å². The summed E-state index contributed by atoms with van der Waals surface area (Å²) in [6, 6.07) is 14.8. The molecule has 0 radical (unpaired) electrons. The highest BCUT2D eigenvalue weighted by Crippen LogP contribution is 2.36. The number of carbonyl (C=O) groups excluding carboxylic acids is 2. The molecule has 0 saturated heterocycles. The SMILES string of the molecule is CCOC(=O)c1c(-c2ccc(C(C)C)cc2)csc1NC(=O)COc1ccc(Cl)cc1. The van der Waals surface area contributed by atoms with Crippen LogP contribution >= 0.6 is 22.9 Å². The van der Waals surface area contributed by atoms with Crippen LogP contribution in [-0.4, -0.2) is 25.1 Å². The van der Waals surface area contributed by atoms with Crippen LogP contribution in [0.15, 0.2) is 53.9 Å². The first-order chi connectivity index (χ1) is 14.9. The van der Waals surface area contributed by atoms with Crippen LogP contribution < -0.4 is 10.1 Å². The topological polar surface area (TPSA) is 64.6 Å². The van der Waals surface area contributed by atoms with E-state index in [9.17, 15) is 9.59 Å². The Kier molecular flexibility index (Phi) is 7.71. The van der Waals surface area contributed by atoms with Crippen LogP contribution in [0.5, 0.6) is 5.75 Å². The lowest BCUT2D eigenvalue weighted by Gasteiger charge is -2.10. The molecule has 0 saturated carbocycles. The molecule has 7 heteroatoms. The maximum atomic E-state index is 12.7. The first-order valence-corrected chi connectivity index (χ1v) is 11.2. The largest absolute Gasteiger partial charge is 0.484 e. The van der Waals surface area contributed by atoms with E-state index < -0.39 is 5.97 Å². The van der Waals surface area contributed by atoms with E-state index in [0.29, 0.717) is 27.3 Å². The molecule has 2 aromatic carbocycles. The van der Waals surface area contributed by atoms with E-state index in [1.165, 1.54) is 16.9 Å². The zero-order valence-corrected chi connectivity index (χ0v) is 19.2. The van der Waals surface area contributed by atoms with E-state index in [2.05, 4.69) is 19.2 Å². The molecule has 0 fully saturated rings. The van der Waals surface area contributed by atoms with Crippen LogP contribution in [0.3, 0.4) is 0 Å². The predicted molar refractivity (Wildman–Crippen MR) is 125 cm³/mol. The Labute approximate surface area is 191 Å². The second-order valence-electron chi connectivity index (χ2n) is 7.14. The summed E-state index contributed by atoms with van der Waals surface area (Å²) in [6.07, 6.45) is 0. The Balaban J connectivity index is 1.80. The summed E-state index contributed by atoms with van der Waals surface area (Å²) in [6.45, 7) is 6.06. The number of benzene rings is 2. The van der Waals surface area contributed by atoms with Crippen LogP contribution in [0.2, 0.25) is 5.02 Å².